The Kier molecular flexibility index (Phi) is 4.39. The molecule has 0 fully saturated rings. The van der Waals surface area contributed by atoms with Gasteiger partial charge in [-0.1, -0.05) is 30.1 Å². The number of ether oxygens (including phenoxy) is 1. The van der Waals surface area contributed by atoms with Gasteiger partial charge in [0.15, 0.2) is 5.82 Å². The maximum atomic E-state index is 5.95. The summed E-state index contributed by atoms with van der Waals surface area (Å²) in [5.41, 5.74) is 6.66. The van der Waals surface area contributed by atoms with Gasteiger partial charge < -0.3 is 15.0 Å². The molecule has 2 N–H and O–H groups in total. The van der Waals surface area contributed by atoms with Crippen molar-refractivity contribution in [2.45, 2.75) is 25.8 Å². The summed E-state index contributed by atoms with van der Waals surface area (Å²) in [4.78, 5) is 4.31. The van der Waals surface area contributed by atoms with E-state index in [2.05, 4.69) is 17.1 Å². The monoisotopic (exact) mass is 281 g/mol. The molecule has 0 bridgehead atoms. The van der Waals surface area contributed by atoms with Crippen molar-refractivity contribution in [3.05, 3.63) is 29.0 Å². The minimum atomic E-state index is -0.208. The second-order valence-corrected chi connectivity index (χ2v) is 4.63. The van der Waals surface area contributed by atoms with E-state index in [1.807, 2.05) is 0 Å². The van der Waals surface area contributed by atoms with Crippen molar-refractivity contribution >= 4 is 11.6 Å². The molecule has 19 heavy (non-hydrogen) atoms. The third kappa shape index (κ3) is 3.05. The fraction of sp³-hybridized carbons (Fsp3) is 0.385. The van der Waals surface area contributed by atoms with Crippen LogP contribution in [-0.2, 0) is 0 Å². The fourth-order valence-electron chi connectivity index (χ4n) is 1.78. The highest BCUT2D eigenvalue weighted by atomic mass is 35.5. The molecule has 6 heteroatoms. The Morgan fingerprint density at radius 2 is 2.26 bits per heavy atom. The fourth-order valence-corrected chi connectivity index (χ4v) is 1.94. The van der Waals surface area contributed by atoms with Crippen molar-refractivity contribution in [3.8, 4) is 17.2 Å². The van der Waals surface area contributed by atoms with Gasteiger partial charge in [-0.05, 0) is 24.6 Å². The Balaban J connectivity index is 2.32. The molecule has 2 rings (SSSR count). The lowest BCUT2D eigenvalue weighted by atomic mass is 10.1. The molecule has 0 aliphatic carbocycles. The molecular weight excluding hydrogens is 266 g/mol. The number of benzene rings is 1. The van der Waals surface area contributed by atoms with Crippen LogP contribution < -0.4 is 10.5 Å². The Hall–Kier alpha value is -1.59. The quantitative estimate of drug-likeness (QED) is 0.911. The number of aromatic nitrogens is 2. The van der Waals surface area contributed by atoms with Crippen molar-refractivity contribution in [1.29, 1.82) is 0 Å². The van der Waals surface area contributed by atoms with E-state index in [1.54, 1.807) is 25.3 Å². The highest BCUT2D eigenvalue weighted by Crippen LogP contribution is 2.31. The number of hydrogen-bond donors (Lipinski definition) is 1. The van der Waals surface area contributed by atoms with E-state index in [1.165, 1.54) is 0 Å². The molecule has 1 aromatic heterocycles. The van der Waals surface area contributed by atoms with Crippen molar-refractivity contribution in [1.82, 2.24) is 10.1 Å². The lowest BCUT2D eigenvalue weighted by Crippen LogP contribution is -2.11. The van der Waals surface area contributed by atoms with Crippen LogP contribution in [0.25, 0.3) is 11.5 Å². The van der Waals surface area contributed by atoms with Gasteiger partial charge in [0.2, 0.25) is 0 Å². The Morgan fingerprint density at radius 3 is 2.95 bits per heavy atom. The summed E-state index contributed by atoms with van der Waals surface area (Å²) in [6.07, 6.45) is 1.78. The standard InChI is InChI=1S/C13H16ClN3O2/c1-3-4-10(15)12-16-13(19-17-12)9-6-5-8(14)7-11(9)18-2/h5-7,10H,3-4,15H2,1-2H3. The van der Waals surface area contributed by atoms with E-state index in [-0.39, 0.29) is 6.04 Å². The summed E-state index contributed by atoms with van der Waals surface area (Å²) >= 11 is 5.91. The predicted octanol–water partition coefficient (Wildman–Crippen LogP) is 3.20. The SMILES string of the molecule is CCCC(N)c1noc(-c2ccc(Cl)cc2OC)n1. The number of nitrogens with two attached hydrogens (primary N) is 1. The van der Waals surface area contributed by atoms with E-state index in [4.69, 9.17) is 26.6 Å². The molecule has 0 aliphatic rings. The molecule has 1 heterocycles. The Morgan fingerprint density at radius 1 is 1.47 bits per heavy atom. The molecule has 1 unspecified atom stereocenters. The summed E-state index contributed by atoms with van der Waals surface area (Å²) in [6.45, 7) is 2.06. The van der Waals surface area contributed by atoms with Crippen LogP contribution in [0.15, 0.2) is 22.7 Å². The van der Waals surface area contributed by atoms with Gasteiger partial charge >= 0.3 is 0 Å². The first-order valence-corrected chi connectivity index (χ1v) is 6.46. The lowest BCUT2D eigenvalue weighted by Gasteiger charge is -2.05. The van der Waals surface area contributed by atoms with Crippen molar-refractivity contribution in [2.75, 3.05) is 7.11 Å². The number of halogens is 1. The van der Waals surface area contributed by atoms with Crippen molar-refractivity contribution < 1.29 is 9.26 Å². The van der Waals surface area contributed by atoms with Gasteiger partial charge in [0, 0.05) is 5.02 Å². The Bertz CT molecular complexity index is 557. The number of rotatable bonds is 5. The molecule has 0 spiro atoms. The molecule has 1 atom stereocenters. The van der Waals surface area contributed by atoms with Gasteiger partial charge in [0.25, 0.3) is 5.89 Å². The van der Waals surface area contributed by atoms with Crippen molar-refractivity contribution in [3.63, 3.8) is 0 Å². The summed E-state index contributed by atoms with van der Waals surface area (Å²) < 4.78 is 10.5. The highest BCUT2D eigenvalue weighted by Gasteiger charge is 2.17. The minimum absolute atomic E-state index is 0.208. The topological polar surface area (TPSA) is 74.2 Å². The lowest BCUT2D eigenvalue weighted by molar-refractivity contribution is 0.399. The van der Waals surface area contributed by atoms with Gasteiger partial charge in [-0.2, -0.15) is 4.98 Å². The smallest absolute Gasteiger partial charge is 0.261 e. The van der Waals surface area contributed by atoms with Crippen LogP contribution in [0, 0.1) is 0 Å². The van der Waals surface area contributed by atoms with Crippen molar-refractivity contribution in [2.24, 2.45) is 5.73 Å². The molecule has 0 aliphatic heterocycles. The van der Waals surface area contributed by atoms with Gasteiger partial charge in [0.1, 0.15) is 5.75 Å². The summed E-state index contributed by atoms with van der Waals surface area (Å²) in [5, 5.41) is 4.50. The first-order valence-electron chi connectivity index (χ1n) is 6.08. The van der Waals surface area contributed by atoms with Crippen LogP contribution in [0.5, 0.6) is 5.75 Å². The van der Waals surface area contributed by atoms with Gasteiger partial charge in [-0.3, -0.25) is 0 Å². The van der Waals surface area contributed by atoms with Crippen LogP contribution in [0.3, 0.4) is 0 Å². The average Bonchev–Trinajstić information content (AvgIpc) is 2.88. The molecular formula is C13H16ClN3O2. The maximum absolute atomic E-state index is 5.95. The van der Waals surface area contributed by atoms with E-state index < -0.39 is 0 Å². The minimum Gasteiger partial charge on any atom is -0.496 e. The van der Waals surface area contributed by atoms with E-state index in [0.29, 0.717) is 28.1 Å². The van der Waals surface area contributed by atoms with E-state index in [9.17, 15) is 0 Å². The molecule has 102 valence electrons. The summed E-state index contributed by atoms with van der Waals surface area (Å²) in [5.74, 6) is 1.48. The van der Waals surface area contributed by atoms with Crippen LogP contribution in [0.2, 0.25) is 5.02 Å². The molecule has 0 saturated carbocycles. The number of hydrogen-bond acceptors (Lipinski definition) is 5. The van der Waals surface area contributed by atoms with Crippen LogP contribution >= 0.6 is 11.6 Å². The average molecular weight is 282 g/mol. The molecule has 5 nitrogen and oxygen atoms in total. The Labute approximate surface area is 116 Å². The first kappa shape index (κ1) is 13.8. The predicted molar refractivity (Wildman–Crippen MR) is 73.1 cm³/mol. The zero-order valence-electron chi connectivity index (χ0n) is 10.9. The zero-order valence-corrected chi connectivity index (χ0v) is 11.6. The van der Waals surface area contributed by atoms with Crippen LogP contribution in [0.4, 0.5) is 0 Å². The van der Waals surface area contributed by atoms with Crippen LogP contribution in [0.1, 0.15) is 31.6 Å². The largest absolute Gasteiger partial charge is 0.496 e. The third-order valence-corrected chi connectivity index (χ3v) is 3.00. The van der Waals surface area contributed by atoms with Gasteiger partial charge in [-0.15, -0.1) is 0 Å². The third-order valence-electron chi connectivity index (χ3n) is 2.77. The number of nitrogens with zero attached hydrogens (tertiary/aromatic N) is 2. The highest BCUT2D eigenvalue weighted by molar-refractivity contribution is 6.30. The molecule has 0 radical (unpaired) electrons. The van der Waals surface area contributed by atoms with E-state index in [0.717, 1.165) is 12.8 Å². The molecule has 1 aromatic carbocycles. The maximum Gasteiger partial charge on any atom is 0.261 e. The molecule has 2 aromatic rings. The summed E-state index contributed by atoms with van der Waals surface area (Å²) in [6, 6.07) is 5.02. The second-order valence-electron chi connectivity index (χ2n) is 4.20. The second kappa shape index (κ2) is 6.04. The first-order chi connectivity index (χ1) is 9.15. The zero-order chi connectivity index (χ0) is 13.8. The van der Waals surface area contributed by atoms with E-state index >= 15 is 0 Å². The van der Waals surface area contributed by atoms with Gasteiger partial charge in [-0.25, -0.2) is 0 Å². The van der Waals surface area contributed by atoms with Gasteiger partial charge in [0.05, 0.1) is 18.7 Å². The normalized spacial score (nSPS) is 12.4. The van der Waals surface area contributed by atoms with Crippen LogP contribution in [-0.4, -0.2) is 17.3 Å². The molecule has 0 saturated heterocycles. The summed E-state index contributed by atoms with van der Waals surface area (Å²) in [7, 11) is 1.56. The molecule has 0 amide bonds. The number of methoxy groups -OCH3 is 1.